The summed E-state index contributed by atoms with van der Waals surface area (Å²) >= 11 is 1.48. The Morgan fingerprint density at radius 3 is 2.70 bits per heavy atom. The van der Waals surface area contributed by atoms with Crippen molar-refractivity contribution in [1.29, 1.82) is 0 Å². The van der Waals surface area contributed by atoms with Crippen molar-refractivity contribution in [3.8, 4) is 10.4 Å². The van der Waals surface area contributed by atoms with Crippen LogP contribution < -0.4 is 5.32 Å². The molecular formula is C19H21N5O2S. The van der Waals surface area contributed by atoms with Crippen LogP contribution in [0.2, 0.25) is 0 Å². The number of benzene rings is 1. The number of urea groups is 1. The van der Waals surface area contributed by atoms with E-state index in [-0.39, 0.29) is 6.03 Å². The molecule has 0 saturated carbocycles. The number of thiazole rings is 1. The summed E-state index contributed by atoms with van der Waals surface area (Å²) in [5.41, 5.74) is 2.04. The van der Waals surface area contributed by atoms with E-state index >= 15 is 0 Å². The molecule has 1 fully saturated rings. The van der Waals surface area contributed by atoms with Gasteiger partial charge in [0.05, 0.1) is 10.6 Å². The molecule has 7 nitrogen and oxygen atoms in total. The lowest BCUT2D eigenvalue weighted by Crippen LogP contribution is -2.49. The van der Waals surface area contributed by atoms with Crippen molar-refractivity contribution in [3.63, 3.8) is 0 Å². The topological polar surface area (TPSA) is 74.5 Å². The molecule has 27 heavy (non-hydrogen) atoms. The average Bonchev–Trinajstić information content (AvgIpc) is 3.32. The van der Waals surface area contributed by atoms with E-state index in [2.05, 4.69) is 20.4 Å². The van der Waals surface area contributed by atoms with Gasteiger partial charge in [0.25, 0.3) is 0 Å². The maximum absolute atomic E-state index is 12.5. The second-order valence-electron chi connectivity index (χ2n) is 6.52. The largest absolute Gasteiger partial charge is 0.361 e. The quantitative estimate of drug-likeness (QED) is 0.747. The normalized spacial score (nSPS) is 15.1. The van der Waals surface area contributed by atoms with Gasteiger partial charge in [0.1, 0.15) is 5.76 Å². The maximum Gasteiger partial charge on any atom is 0.323 e. The van der Waals surface area contributed by atoms with Gasteiger partial charge in [-0.15, -0.1) is 0 Å². The third-order valence-electron chi connectivity index (χ3n) is 4.50. The van der Waals surface area contributed by atoms with Crippen LogP contribution in [0.25, 0.3) is 10.4 Å². The Morgan fingerprint density at radius 1 is 1.22 bits per heavy atom. The molecule has 1 aliphatic heterocycles. The zero-order valence-corrected chi connectivity index (χ0v) is 15.9. The SMILES string of the molecule is Cc1cc(CN2CCN(C(=O)Nc3ncc(-c4ccccc4)s3)CC2)no1. The predicted octanol–water partition coefficient (Wildman–Crippen LogP) is 3.46. The number of nitrogens with one attached hydrogen (secondary N) is 1. The molecule has 8 heteroatoms. The smallest absolute Gasteiger partial charge is 0.323 e. The fraction of sp³-hybridized carbons (Fsp3) is 0.316. The van der Waals surface area contributed by atoms with Crippen LogP contribution in [0.4, 0.5) is 9.93 Å². The van der Waals surface area contributed by atoms with Gasteiger partial charge in [-0.2, -0.15) is 0 Å². The minimum absolute atomic E-state index is 0.0964. The highest BCUT2D eigenvalue weighted by molar-refractivity contribution is 7.19. The van der Waals surface area contributed by atoms with Crippen molar-refractivity contribution in [2.24, 2.45) is 0 Å². The van der Waals surface area contributed by atoms with E-state index in [4.69, 9.17) is 4.52 Å². The monoisotopic (exact) mass is 383 g/mol. The second kappa shape index (κ2) is 7.89. The first-order valence-corrected chi connectivity index (χ1v) is 9.71. The highest BCUT2D eigenvalue weighted by atomic mass is 32.1. The summed E-state index contributed by atoms with van der Waals surface area (Å²) in [6.07, 6.45) is 1.80. The molecule has 4 rings (SSSR count). The van der Waals surface area contributed by atoms with Gasteiger partial charge in [0.2, 0.25) is 0 Å². The van der Waals surface area contributed by atoms with E-state index in [1.165, 1.54) is 11.3 Å². The molecule has 1 N–H and O–H groups in total. The summed E-state index contributed by atoms with van der Waals surface area (Å²) in [5.74, 6) is 0.821. The Morgan fingerprint density at radius 2 is 2.00 bits per heavy atom. The van der Waals surface area contributed by atoms with E-state index < -0.39 is 0 Å². The van der Waals surface area contributed by atoms with Crippen LogP contribution in [0.1, 0.15) is 11.5 Å². The lowest BCUT2D eigenvalue weighted by Gasteiger charge is -2.33. The molecule has 0 unspecified atom stereocenters. The number of aromatic nitrogens is 2. The highest BCUT2D eigenvalue weighted by Gasteiger charge is 2.22. The molecule has 1 aliphatic rings. The zero-order valence-electron chi connectivity index (χ0n) is 15.1. The van der Waals surface area contributed by atoms with E-state index in [9.17, 15) is 4.79 Å². The number of aryl methyl sites for hydroxylation is 1. The van der Waals surface area contributed by atoms with Crippen molar-refractivity contribution in [2.75, 3.05) is 31.5 Å². The van der Waals surface area contributed by atoms with Gasteiger partial charge in [-0.05, 0) is 12.5 Å². The summed E-state index contributed by atoms with van der Waals surface area (Å²) in [6.45, 7) is 5.62. The second-order valence-corrected chi connectivity index (χ2v) is 7.55. The molecular weight excluding hydrogens is 362 g/mol. The van der Waals surface area contributed by atoms with Crippen LogP contribution in [-0.4, -0.2) is 52.2 Å². The number of hydrogen-bond donors (Lipinski definition) is 1. The van der Waals surface area contributed by atoms with Crippen LogP contribution in [-0.2, 0) is 6.54 Å². The molecule has 3 heterocycles. The Balaban J connectivity index is 1.29. The third-order valence-corrected chi connectivity index (χ3v) is 5.46. The molecule has 2 aromatic heterocycles. The molecule has 0 bridgehead atoms. The van der Waals surface area contributed by atoms with Crippen molar-refractivity contribution in [1.82, 2.24) is 19.9 Å². The fourth-order valence-corrected chi connectivity index (χ4v) is 3.88. The first-order chi connectivity index (χ1) is 13.2. The Kier molecular flexibility index (Phi) is 5.17. The molecule has 140 valence electrons. The molecule has 1 aromatic carbocycles. The van der Waals surface area contributed by atoms with Gasteiger partial charge in [-0.3, -0.25) is 10.2 Å². The van der Waals surface area contributed by atoms with Crippen LogP contribution in [0.5, 0.6) is 0 Å². The first kappa shape index (κ1) is 17.7. The predicted molar refractivity (Wildman–Crippen MR) is 105 cm³/mol. The Bertz CT molecular complexity index is 900. The number of carbonyl (C=O) groups excluding carboxylic acids is 1. The maximum atomic E-state index is 12.5. The first-order valence-electron chi connectivity index (χ1n) is 8.89. The average molecular weight is 383 g/mol. The van der Waals surface area contributed by atoms with Gasteiger partial charge >= 0.3 is 6.03 Å². The summed E-state index contributed by atoms with van der Waals surface area (Å²) in [7, 11) is 0. The molecule has 2 amide bonds. The number of hydrogen-bond acceptors (Lipinski definition) is 6. The van der Waals surface area contributed by atoms with E-state index in [1.54, 1.807) is 6.20 Å². The molecule has 0 atom stereocenters. The summed E-state index contributed by atoms with van der Waals surface area (Å²) < 4.78 is 5.11. The summed E-state index contributed by atoms with van der Waals surface area (Å²) in [5, 5.41) is 7.57. The Hall–Kier alpha value is -2.71. The number of rotatable bonds is 4. The van der Waals surface area contributed by atoms with Crippen molar-refractivity contribution < 1.29 is 9.32 Å². The van der Waals surface area contributed by atoms with Crippen LogP contribution >= 0.6 is 11.3 Å². The lowest BCUT2D eigenvalue weighted by molar-refractivity contribution is 0.141. The van der Waals surface area contributed by atoms with E-state index in [0.29, 0.717) is 18.2 Å². The minimum Gasteiger partial charge on any atom is -0.361 e. The molecule has 3 aromatic rings. The lowest BCUT2D eigenvalue weighted by atomic mass is 10.2. The standard InChI is InChI=1S/C19H21N5O2S/c1-14-11-16(22-26-14)13-23-7-9-24(10-8-23)19(25)21-18-20-12-17(27-18)15-5-3-2-4-6-15/h2-6,11-12H,7-10,13H2,1H3,(H,20,21,25). The minimum atomic E-state index is -0.0964. The fourth-order valence-electron chi connectivity index (χ4n) is 3.07. The van der Waals surface area contributed by atoms with Gasteiger partial charge in [-0.1, -0.05) is 46.8 Å². The van der Waals surface area contributed by atoms with Crippen molar-refractivity contribution in [3.05, 3.63) is 54.0 Å². The van der Waals surface area contributed by atoms with Gasteiger partial charge in [0, 0.05) is 45.0 Å². The number of piperazine rings is 1. The molecule has 1 saturated heterocycles. The zero-order chi connectivity index (χ0) is 18.6. The third kappa shape index (κ3) is 4.35. The molecule has 0 radical (unpaired) electrons. The number of amides is 2. The van der Waals surface area contributed by atoms with Gasteiger partial charge < -0.3 is 9.42 Å². The summed E-state index contributed by atoms with van der Waals surface area (Å²) in [4.78, 5) is 22.0. The molecule has 0 spiro atoms. The summed E-state index contributed by atoms with van der Waals surface area (Å²) in [6, 6.07) is 11.9. The van der Waals surface area contributed by atoms with E-state index in [1.807, 2.05) is 48.2 Å². The van der Waals surface area contributed by atoms with Gasteiger partial charge in [0.15, 0.2) is 5.13 Å². The van der Waals surface area contributed by atoms with Crippen molar-refractivity contribution >= 4 is 22.5 Å². The molecule has 0 aliphatic carbocycles. The van der Waals surface area contributed by atoms with Crippen LogP contribution in [0.15, 0.2) is 47.1 Å². The van der Waals surface area contributed by atoms with Gasteiger partial charge in [-0.25, -0.2) is 9.78 Å². The Labute approximate surface area is 161 Å². The van der Waals surface area contributed by atoms with Crippen molar-refractivity contribution in [2.45, 2.75) is 13.5 Å². The highest BCUT2D eigenvalue weighted by Crippen LogP contribution is 2.28. The van der Waals surface area contributed by atoms with Crippen LogP contribution in [0.3, 0.4) is 0 Å². The van der Waals surface area contributed by atoms with Crippen LogP contribution in [0, 0.1) is 6.92 Å². The number of carbonyl (C=O) groups is 1. The van der Waals surface area contributed by atoms with E-state index in [0.717, 1.165) is 41.5 Å². The number of nitrogens with zero attached hydrogens (tertiary/aromatic N) is 4. The number of anilines is 1.